The van der Waals surface area contributed by atoms with Crippen LogP contribution in [0.2, 0.25) is 0 Å². The predicted molar refractivity (Wildman–Crippen MR) is 89.9 cm³/mol. The summed E-state index contributed by atoms with van der Waals surface area (Å²) in [6.07, 6.45) is 1.98. The van der Waals surface area contributed by atoms with Gasteiger partial charge >= 0.3 is 5.76 Å². The highest BCUT2D eigenvalue weighted by Gasteiger charge is 2.23. The number of rotatable bonds is 6. The Balaban J connectivity index is 2.06. The quantitative estimate of drug-likeness (QED) is 0.613. The van der Waals surface area contributed by atoms with Crippen molar-refractivity contribution in [2.24, 2.45) is 0 Å². The van der Waals surface area contributed by atoms with Gasteiger partial charge in [0.05, 0.1) is 5.69 Å². The molecule has 1 aromatic carbocycles. The van der Waals surface area contributed by atoms with E-state index in [1.165, 1.54) is 18.2 Å². The van der Waals surface area contributed by atoms with Gasteiger partial charge in [-0.15, -0.1) is 0 Å². The summed E-state index contributed by atoms with van der Waals surface area (Å²) in [6.45, 7) is 0.630. The minimum Gasteiger partial charge on any atom is -0.364 e. The predicted octanol–water partition coefficient (Wildman–Crippen LogP) is 2.55. The maximum Gasteiger partial charge on any atom is 0.446 e. The van der Waals surface area contributed by atoms with E-state index in [4.69, 9.17) is 9.15 Å². The molecule has 0 amide bonds. The molecular formula is C13H11BrFN5O3S. The Kier molecular flexibility index (Phi) is 5.00. The van der Waals surface area contributed by atoms with Gasteiger partial charge in [-0.3, -0.25) is 4.52 Å². The van der Waals surface area contributed by atoms with Crippen LogP contribution in [-0.4, -0.2) is 38.6 Å². The summed E-state index contributed by atoms with van der Waals surface area (Å²) in [6, 6.07) is 3.88. The van der Waals surface area contributed by atoms with Crippen LogP contribution in [-0.2, 0) is 0 Å². The van der Waals surface area contributed by atoms with Gasteiger partial charge in [0.15, 0.2) is 5.69 Å². The summed E-state index contributed by atoms with van der Waals surface area (Å²) in [7, 11) is 0. The summed E-state index contributed by atoms with van der Waals surface area (Å²) < 4.78 is 24.3. The highest BCUT2D eigenvalue weighted by Crippen LogP contribution is 2.27. The first-order valence-electron chi connectivity index (χ1n) is 6.71. The van der Waals surface area contributed by atoms with Crippen LogP contribution in [0.4, 0.5) is 10.2 Å². The fourth-order valence-electron chi connectivity index (χ4n) is 2.00. The second-order valence-electron chi connectivity index (χ2n) is 4.58. The number of benzene rings is 1. The number of hydrogen-bond donors (Lipinski definition) is 1. The number of hydrogen-bond acceptors (Lipinski definition) is 8. The van der Waals surface area contributed by atoms with Crippen molar-refractivity contribution < 1.29 is 13.5 Å². The lowest BCUT2D eigenvalue weighted by Gasteiger charge is -2.06. The average molecular weight is 416 g/mol. The molecule has 0 unspecified atom stereocenters. The second-order valence-corrected chi connectivity index (χ2v) is 6.42. The van der Waals surface area contributed by atoms with E-state index in [9.17, 15) is 9.18 Å². The maximum atomic E-state index is 13.3. The van der Waals surface area contributed by atoms with E-state index in [0.29, 0.717) is 22.5 Å². The zero-order chi connectivity index (χ0) is 17.1. The van der Waals surface area contributed by atoms with Gasteiger partial charge in [0, 0.05) is 16.8 Å². The molecule has 0 fully saturated rings. The Morgan fingerprint density at radius 3 is 2.96 bits per heavy atom. The van der Waals surface area contributed by atoms with Crippen molar-refractivity contribution in [2.45, 2.75) is 0 Å². The first kappa shape index (κ1) is 16.7. The van der Waals surface area contributed by atoms with Crippen LogP contribution < -0.4 is 11.1 Å². The Bertz CT molecular complexity index is 909. The lowest BCUT2D eigenvalue weighted by atomic mass is 10.3. The van der Waals surface area contributed by atoms with Gasteiger partial charge < -0.3 is 5.32 Å². The Hall–Kier alpha value is -2.14. The fraction of sp³-hybridized carbons (Fsp3) is 0.231. The van der Waals surface area contributed by atoms with E-state index < -0.39 is 11.6 Å². The van der Waals surface area contributed by atoms with Crippen LogP contribution in [0.5, 0.6) is 0 Å². The van der Waals surface area contributed by atoms with Crippen molar-refractivity contribution in [3.63, 3.8) is 0 Å². The second kappa shape index (κ2) is 7.18. The maximum absolute atomic E-state index is 13.3. The zero-order valence-corrected chi connectivity index (χ0v) is 14.7. The topological polar surface area (TPSA) is 99.0 Å². The first-order valence-corrected chi connectivity index (χ1v) is 8.90. The molecule has 0 spiro atoms. The van der Waals surface area contributed by atoms with Gasteiger partial charge in [-0.2, -0.15) is 11.8 Å². The third-order valence-electron chi connectivity index (χ3n) is 3.05. The molecule has 0 atom stereocenters. The molecule has 2 heterocycles. The van der Waals surface area contributed by atoms with Crippen molar-refractivity contribution in [2.75, 3.05) is 23.9 Å². The SMILES string of the molecule is CSCCNc1nonc1-c1noc(=O)n1-c1ccc(F)cc1Br. The van der Waals surface area contributed by atoms with Crippen molar-refractivity contribution >= 4 is 33.5 Å². The van der Waals surface area contributed by atoms with Crippen LogP contribution in [0.25, 0.3) is 17.2 Å². The Labute approximate surface area is 147 Å². The monoisotopic (exact) mass is 415 g/mol. The molecule has 0 bridgehead atoms. The molecule has 0 saturated carbocycles. The molecule has 0 aliphatic rings. The molecule has 126 valence electrons. The minimum atomic E-state index is -0.740. The van der Waals surface area contributed by atoms with Crippen LogP contribution >= 0.6 is 27.7 Å². The van der Waals surface area contributed by atoms with E-state index >= 15 is 0 Å². The molecule has 24 heavy (non-hydrogen) atoms. The van der Waals surface area contributed by atoms with E-state index in [2.05, 4.69) is 36.7 Å². The largest absolute Gasteiger partial charge is 0.446 e. The zero-order valence-electron chi connectivity index (χ0n) is 12.3. The lowest BCUT2D eigenvalue weighted by molar-refractivity contribution is 0.309. The standard InChI is InChI=1S/C13H11BrFN5O3S/c1-24-5-4-16-11-10(17-23-18-11)12-19-22-13(21)20(12)9-3-2-7(15)6-8(9)14/h2-3,6H,4-5H2,1H3,(H,16,18). The van der Waals surface area contributed by atoms with Gasteiger partial charge in [0.25, 0.3) is 0 Å². The van der Waals surface area contributed by atoms with Crippen molar-refractivity contribution in [3.8, 4) is 17.2 Å². The molecule has 11 heteroatoms. The normalized spacial score (nSPS) is 11.0. The van der Waals surface area contributed by atoms with Crippen LogP contribution in [0, 0.1) is 5.82 Å². The first-order chi connectivity index (χ1) is 11.6. The molecule has 0 radical (unpaired) electrons. The van der Waals surface area contributed by atoms with Gasteiger partial charge in [-0.05, 0) is 50.7 Å². The summed E-state index contributed by atoms with van der Waals surface area (Å²) in [5.74, 6) is 0.0978. The highest BCUT2D eigenvalue weighted by atomic mass is 79.9. The van der Waals surface area contributed by atoms with Crippen molar-refractivity contribution in [3.05, 3.63) is 39.0 Å². The summed E-state index contributed by atoms with van der Waals surface area (Å²) in [5.41, 5.74) is 0.578. The molecule has 8 nitrogen and oxygen atoms in total. The third kappa shape index (κ3) is 3.22. The Morgan fingerprint density at radius 2 is 2.21 bits per heavy atom. The minimum absolute atomic E-state index is 0.0974. The molecule has 0 saturated heterocycles. The fourth-order valence-corrected chi connectivity index (χ4v) is 2.83. The van der Waals surface area contributed by atoms with Crippen molar-refractivity contribution in [1.29, 1.82) is 0 Å². The molecule has 0 aliphatic heterocycles. The summed E-state index contributed by atoms with van der Waals surface area (Å²) >= 11 is 4.88. The lowest BCUT2D eigenvalue weighted by Crippen LogP contribution is -2.14. The highest BCUT2D eigenvalue weighted by molar-refractivity contribution is 9.10. The molecule has 0 aliphatic carbocycles. The smallest absolute Gasteiger partial charge is 0.364 e. The van der Waals surface area contributed by atoms with E-state index in [1.807, 2.05) is 6.26 Å². The van der Waals surface area contributed by atoms with Gasteiger partial charge in [-0.1, -0.05) is 5.16 Å². The van der Waals surface area contributed by atoms with Gasteiger partial charge in [0.2, 0.25) is 11.6 Å². The molecule has 1 N–H and O–H groups in total. The van der Waals surface area contributed by atoms with E-state index in [-0.39, 0.29) is 11.5 Å². The number of nitrogens with one attached hydrogen (secondary N) is 1. The molecule has 3 rings (SSSR count). The molecule has 2 aromatic heterocycles. The average Bonchev–Trinajstić information content (AvgIpc) is 3.14. The van der Waals surface area contributed by atoms with E-state index in [1.54, 1.807) is 11.8 Å². The van der Waals surface area contributed by atoms with Crippen LogP contribution in [0.15, 0.2) is 36.6 Å². The number of nitrogens with zero attached hydrogens (tertiary/aromatic N) is 4. The molecule has 3 aromatic rings. The molecular weight excluding hydrogens is 405 g/mol. The van der Waals surface area contributed by atoms with Gasteiger partial charge in [0.1, 0.15) is 5.82 Å². The van der Waals surface area contributed by atoms with Gasteiger partial charge in [-0.25, -0.2) is 18.4 Å². The number of aromatic nitrogens is 4. The summed E-state index contributed by atoms with van der Waals surface area (Å²) in [5, 5.41) is 14.3. The third-order valence-corrected chi connectivity index (χ3v) is 4.30. The number of thioether (sulfide) groups is 1. The number of anilines is 1. The van der Waals surface area contributed by atoms with Crippen LogP contribution in [0.3, 0.4) is 0 Å². The number of halogens is 2. The van der Waals surface area contributed by atoms with Crippen LogP contribution in [0.1, 0.15) is 0 Å². The van der Waals surface area contributed by atoms with E-state index in [0.717, 1.165) is 10.3 Å². The summed E-state index contributed by atoms with van der Waals surface area (Å²) in [4.78, 5) is 12.1. The van der Waals surface area contributed by atoms with Crippen molar-refractivity contribution in [1.82, 2.24) is 20.0 Å². The Morgan fingerprint density at radius 1 is 1.38 bits per heavy atom.